The molecule has 0 saturated heterocycles. The summed E-state index contributed by atoms with van der Waals surface area (Å²) in [5.74, 6) is -0.442. The molecule has 0 heterocycles. The van der Waals surface area contributed by atoms with Gasteiger partial charge in [0.1, 0.15) is 5.82 Å². The first-order valence-electron chi connectivity index (χ1n) is 6.77. The maximum atomic E-state index is 13.7. The van der Waals surface area contributed by atoms with Crippen LogP contribution in [-0.4, -0.2) is 0 Å². The lowest BCUT2D eigenvalue weighted by molar-refractivity contribution is 0.624. The van der Waals surface area contributed by atoms with Crippen molar-refractivity contribution in [2.75, 3.05) is 0 Å². The van der Waals surface area contributed by atoms with Crippen molar-refractivity contribution in [3.8, 4) is 0 Å². The molecule has 1 atom stereocenters. The predicted octanol–water partition coefficient (Wildman–Crippen LogP) is 4.99. The number of nitrogens with two attached hydrogens (primary N) is 1. The van der Waals surface area contributed by atoms with Gasteiger partial charge in [0.25, 0.3) is 0 Å². The summed E-state index contributed by atoms with van der Waals surface area (Å²) in [7, 11) is 0. The molecular formula is C18H15ClFN. The van der Waals surface area contributed by atoms with E-state index in [9.17, 15) is 4.39 Å². The Morgan fingerprint density at radius 3 is 2.57 bits per heavy atom. The lowest BCUT2D eigenvalue weighted by Crippen LogP contribution is -2.14. The zero-order chi connectivity index (χ0) is 15.0. The van der Waals surface area contributed by atoms with Gasteiger partial charge in [0.15, 0.2) is 0 Å². The summed E-state index contributed by atoms with van der Waals surface area (Å²) >= 11 is 6.09. The minimum atomic E-state index is -0.459. The van der Waals surface area contributed by atoms with Crippen molar-refractivity contribution in [3.63, 3.8) is 0 Å². The van der Waals surface area contributed by atoms with Crippen LogP contribution in [0.4, 0.5) is 4.39 Å². The summed E-state index contributed by atoms with van der Waals surface area (Å²) in [6, 6.07) is 16.4. The minimum absolute atomic E-state index is 0.0948. The fourth-order valence-electron chi connectivity index (χ4n) is 2.73. The predicted molar refractivity (Wildman–Crippen MR) is 86.1 cm³/mol. The summed E-state index contributed by atoms with van der Waals surface area (Å²) in [6.45, 7) is 2.01. The van der Waals surface area contributed by atoms with Crippen LogP contribution in [0.1, 0.15) is 22.7 Å². The number of rotatable bonds is 2. The van der Waals surface area contributed by atoms with Crippen LogP contribution in [0.2, 0.25) is 5.02 Å². The van der Waals surface area contributed by atoms with E-state index < -0.39 is 11.9 Å². The first-order chi connectivity index (χ1) is 10.1. The normalized spacial score (nSPS) is 12.6. The summed E-state index contributed by atoms with van der Waals surface area (Å²) < 4.78 is 13.7. The van der Waals surface area contributed by atoms with Crippen LogP contribution in [-0.2, 0) is 0 Å². The van der Waals surface area contributed by atoms with Gasteiger partial charge in [-0.25, -0.2) is 4.39 Å². The first kappa shape index (κ1) is 14.1. The van der Waals surface area contributed by atoms with Gasteiger partial charge in [-0.05, 0) is 40.5 Å². The summed E-state index contributed by atoms with van der Waals surface area (Å²) in [6.07, 6.45) is 0. The van der Waals surface area contributed by atoms with Gasteiger partial charge in [-0.3, -0.25) is 0 Å². The average Bonchev–Trinajstić information content (AvgIpc) is 2.49. The summed E-state index contributed by atoms with van der Waals surface area (Å²) in [5.41, 5.74) is 9.07. The average molecular weight is 300 g/mol. The Balaban J connectivity index is 2.24. The Labute approximate surface area is 128 Å². The van der Waals surface area contributed by atoms with Crippen LogP contribution in [0.5, 0.6) is 0 Å². The number of aryl methyl sites for hydroxylation is 1. The molecule has 1 nitrogen and oxygen atoms in total. The molecule has 0 spiro atoms. The molecule has 106 valence electrons. The van der Waals surface area contributed by atoms with Crippen LogP contribution in [0.3, 0.4) is 0 Å². The quantitative estimate of drug-likeness (QED) is 0.709. The van der Waals surface area contributed by atoms with Crippen LogP contribution in [0.15, 0.2) is 54.6 Å². The fraction of sp³-hybridized carbons (Fsp3) is 0.111. The van der Waals surface area contributed by atoms with Crippen molar-refractivity contribution < 1.29 is 4.39 Å². The highest BCUT2D eigenvalue weighted by Crippen LogP contribution is 2.34. The Hall–Kier alpha value is -1.90. The SMILES string of the molecule is Cc1ccc2ccccc2c1C(N)c1cccc(F)c1Cl. The van der Waals surface area contributed by atoms with Gasteiger partial charge < -0.3 is 5.73 Å². The molecule has 0 aliphatic heterocycles. The van der Waals surface area contributed by atoms with Crippen LogP contribution in [0, 0.1) is 12.7 Å². The van der Waals surface area contributed by atoms with E-state index in [2.05, 4.69) is 6.07 Å². The van der Waals surface area contributed by atoms with Gasteiger partial charge in [0, 0.05) is 0 Å². The Kier molecular flexibility index (Phi) is 3.66. The standard InChI is InChI=1S/C18H15ClFN/c1-11-9-10-12-5-2-3-6-13(12)16(11)18(21)14-7-4-8-15(20)17(14)19/h2-10,18H,21H2,1H3. The highest BCUT2D eigenvalue weighted by Gasteiger charge is 2.18. The van der Waals surface area contributed by atoms with E-state index in [0.29, 0.717) is 5.56 Å². The van der Waals surface area contributed by atoms with Crippen molar-refractivity contribution in [2.24, 2.45) is 5.73 Å². The smallest absolute Gasteiger partial charge is 0.142 e. The van der Waals surface area contributed by atoms with E-state index in [1.165, 1.54) is 6.07 Å². The molecule has 21 heavy (non-hydrogen) atoms. The molecule has 1 unspecified atom stereocenters. The van der Waals surface area contributed by atoms with E-state index in [0.717, 1.165) is 21.9 Å². The second-order valence-corrected chi connectivity index (χ2v) is 5.52. The van der Waals surface area contributed by atoms with E-state index >= 15 is 0 Å². The van der Waals surface area contributed by atoms with Gasteiger partial charge in [-0.2, -0.15) is 0 Å². The molecule has 0 radical (unpaired) electrons. The van der Waals surface area contributed by atoms with Crippen molar-refractivity contribution in [1.82, 2.24) is 0 Å². The number of benzene rings is 3. The molecule has 0 saturated carbocycles. The molecule has 2 N–H and O–H groups in total. The largest absolute Gasteiger partial charge is 0.320 e. The van der Waals surface area contributed by atoms with Crippen molar-refractivity contribution >= 4 is 22.4 Å². The number of fused-ring (bicyclic) bond motifs is 1. The topological polar surface area (TPSA) is 26.0 Å². The molecule has 0 bridgehead atoms. The maximum absolute atomic E-state index is 13.7. The van der Waals surface area contributed by atoms with Crippen molar-refractivity contribution in [2.45, 2.75) is 13.0 Å². The molecule has 0 aromatic heterocycles. The lowest BCUT2D eigenvalue weighted by atomic mass is 9.90. The fourth-order valence-corrected chi connectivity index (χ4v) is 2.98. The highest BCUT2D eigenvalue weighted by atomic mass is 35.5. The Morgan fingerprint density at radius 1 is 1.00 bits per heavy atom. The Bertz CT molecular complexity index is 813. The number of hydrogen-bond acceptors (Lipinski definition) is 1. The minimum Gasteiger partial charge on any atom is -0.320 e. The van der Waals surface area contributed by atoms with Gasteiger partial charge in [0.2, 0.25) is 0 Å². The molecule has 3 aromatic rings. The molecule has 3 aromatic carbocycles. The highest BCUT2D eigenvalue weighted by molar-refractivity contribution is 6.31. The van der Waals surface area contributed by atoms with E-state index in [4.69, 9.17) is 17.3 Å². The van der Waals surface area contributed by atoms with Crippen LogP contribution >= 0.6 is 11.6 Å². The van der Waals surface area contributed by atoms with Gasteiger partial charge in [0.05, 0.1) is 11.1 Å². The first-order valence-corrected chi connectivity index (χ1v) is 7.15. The zero-order valence-corrected chi connectivity index (χ0v) is 12.4. The zero-order valence-electron chi connectivity index (χ0n) is 11.6. The van der Waals surface area contributed by atoms with Gasteiger partial charge in [-0.15, -0.1) is 0 Å². The number of halogens is 2. The van der Waals surface area contributed by atoms with Crippen LogP contribution in [0.25, 0.3) is 10.8 Å². The van der Waals surface area contributed by atoms with E-state index in [-0.39, 0.29) is 5.02 Å². The van der Waals surface area contributed by atoms with Crippen molar-refractivity contribution in [3.05, 3.63) is 82.1 Å². The van der Waals surface area contributed by atoms with Gasteiger partial charge in [-0.1, -0.05) is 60.1 Å². The second kappa shape index (κ2) is 5.47. The molecule has 3 heteroatoms. The third-order valence-corrected chi connectivity index (χ3v) is 4.21. The molecule has 0 fully saturated rings. The molecule has 0 amide bonds. The van der Waals surface area contributed by atoms with Crippen molar-refractivity contribution in [1.29, 1.82) is 0 Å². The summed E-state index contributed by atoms with van der Waals surface area (Å²) in [4.78, 5) is 0. The van der Waals surface area contributed by atoms with Gasteiger partial charge >= 0.3 is 0 Å². The lowest BCUT2D eigenvalue weighted by Gasteiger charge is -2.19. The molecule has 0 aliphatic rings. The Morgan fingerprint density at radius 2 is 1.76 bits per heavy atom. The summed E-state index contributed by atoms with van der Waals surface area (Å²) in [5, 5.41) is 2.28. The number of hydrogen-bond donors (Lipinski definition) is 1. The maximum Gasteiger partial charge on any atom is 0.142 e. The van der Waals surface area contributed by atoms with E-state index in [1.54, 1.807) is 12.1 Å². The monoisotopic (exact) mass is 299 g/mol. The molecular weight excluding hydrogens is 285 g/mol. The van der Waals surface area contributed by atoms with Crippen LogP contribution < -0.4 is 5.73 Å². The molecule has 0 aliphatic carbocycles. The second-order valence-electron chi connectivity index (χ2n) is 5.14. The molecule has 3 rings (SSSR count). The van der Waals surface area contributed by atoms with E-state index in [1.807, 2.05) is 37.3 Å². The third-order valence-electron chi connectivity index (χ3n) is 3.82. The third kappa shape index (κ3) is 2.41.